The molecule has 4 nitrogen and oxygen atoms in total. The lowest BCUT2D eigenvalue weighted by Gasteiger charge is -2.27. The number of fused-ring (bicyclic) bond motifs is 6. The summed E-state index contributed by atoms with van der Waals surface area (Å²) in [6.07, 6.45) is 2.96. The Morgan fingerprint density at radius 2 is 0.857 bits per heavy atom. The van der Waals surface area contributed by atoms with E-state index in [0.717, 1.165) is 52.5 Å². The molecule has 6 heteroatoms. The maximum Gasteiger partial charge on any atom is 0.265 e. The Morgan fingerprint density at radius 1 is 0.457 bits per heavy atom. The Hall–Kier alpha value is -2.74. The Kier molecular flexibility index (Phi) is 6.80. The van der Waals surface area contributed by atoms with Crippen LogP contribution in [0.15, 0.2) is 97.1 Å². The summed E-state index contributed by atoms with van der Waals surface area (Å²) >= 11 is 0. The van der Waals surface area contributed by atoms with Crippen LogP contribution >= 0.6 is 16.8 Å². The molecule has 2 aliphatic heterocycles. The predicted molar refractivity (Wildman–Crippen MR) is 144 cm³/mol. The highest BCUT2D eigenvalue weighted by Gasteiger charge is 2.28. The minimum atomic E-state index is -1.11. The molecule has 0 saturated carbocycles. The number of benzene rings is 4. The van der Waals surface area contributed by atoms with Gasteiger partial charge in [0.25, 0.3) is 16.8 Å². The fourth-order valence-corrected chi connectivity index (χ4v) is 7.45. The van der Waals surface area contributed by atoms with Crippen molar-refractivity contribution in [2.45, 2.75) is 19.3 Å². The molecule has 2 heterocycles. The second-order valence-electron chi connectivity index (χ2n) is 8.45. The van der Waals surface area contributed by atoms with Gasteiger partial charge in [-0.05, 0) is 54.7 Å². The smallest absolute Gasteiger partial charge is 0.265 e. The maximum absolute atomic E-state index is 6.23. The van der Waals surface area contributed by atoms with Crippen molar-refractivity contribution in [1.82, 2.24) is 0 Å². The third-order valence-corrected chi connectivity index (χ3v) is 9.25. The van der Waals surface area contributed by atoms with E-state index >= 15 is 0 Å². The minimum absolute atomic E-state index is 0.670. The van der Waals surface area contributed by atoms with Crippen molar-refractivity contribution in [3.05, 3.63) is 97.1 Å². The van der Waals surface area contributed by atoms with Crippen LogP contribution in [0.1, 0.15) is 19.3 Å². The van der Waals surface area contributed by atoms with Crippen LogP contribution in [0.5, 0.6) is 11.5 Å². The van der Waals surface area contributed by atoms with Gasteiger partial charge in [0, 0.05) is 11.1 Å². The van der Waals surface area contributed by atoms with Gasteiger partial charge >= 0.3 is 0 Å². The van der Waals surface area contributed by atoms with Crippen molar-refractivity contribution >= 4 is 27.4 Å². The van der Waals surface area contributed by atoms with Gasteiger partial charge in [-0.2, -0.15) is 0 Å². The Balaban J connectivity index is 0.991. The van der Waals surface area contributed by atoms with Gasteiger partial charge in [0.15, 0.2) is 0 Å². The van der Waals surface area contributed by atoms with E-state index in [0.29, 0.717) is 13.2 Å². The van der Waals surface area contributed by atoms with Crippen LogP contribution in [-0.2, 0) is 9.05 Å². The van der Waals surface area contributed by atoms with Crippen molar-refractivity contribution in [3.63, 3.8) is 0 Å². The molecule has 0 N–H and O–H groups in total. The third kappa shape index (κ3) is 4.73. The summed E-state index contributed by atoms with van der Waals surface area (Å²) in [4.78, 5) is 0. The monoisotopic (exact) mass is 500 g/mol. The first kappa shape index (κ1) is 22.7. The largest absolute Gasteiger partial charge is 0.443 e. The van der Waals surface area contributed by atoms with Crippen LogP contribution in [-0.4, -0.2) is 13.2 Å². The quantitative estimate of drug-likeness (QED) is 0.185. The van der Waals surface area contributed by atoms with Crippen LogP contribution in [0.2, 0.25) is 0 Å². The molecule has 0 amide bonds. The van der Waals surface area contributed by atoms with Crippen LogP contribution in [0.3, 0.4) is 0 Å². The molecule has 0 spiro atoms. The minimum Gasteiger partial charge on any atom is -0.443 e. The molecular weight excluding hydrogens is 474 g/mol. The summed E-state index contributed by atoms with van der Waals surface area (Å²) < 4.78 is 24.9. The zero-order valence-electron chi connectivity index (χ0n) is 19.3. The van der Waals surface area contributed by atoms with Crippen molar-refractivity contribution in [1.29, 1.82) is 0 Å². The Bertz CT molecular complexity index is 1220. The molecule has 0 bridgehead atoms. The first-order valence-electron chi connectivity index (χ1n) is 12.0. The maximum atomic E-state index is 6.23. The second kappa shape index (κ2) is 10.5. The standard InChI is InChI=1S/C29H26O4P2/c1(10-20-30-34-28-18-8-4-14-24(28)22-12-2-6-16-26(22)32-34)11-21-31-35-29-19-9-5-15-25(29)23-13-3-7-17-27(23)33-35/h2-9,12-19H,1,10-11,20-21H2. The zero-order chi connectivity index (χ0) is 23.5. The predicted octanol–water partition coefficient (Wildman–Crippen LogP) is 7.58. The highest BCUT2D eigenvalue weighted by Crippen LogP contribution is 2.50. The van der Waals surface area contributed by atoms with Crippen molar-refractivity contribution in [3.8, 4) is 33.8 Å². The van der Waals surface area contributed by atoms with Crippen LogP contribution in [0.25, 0.3) is 22.3 Å². The first-order valence-corrected chi connectivity index (χ1v) is 14.3. The fourth-order valence-electron chi connectivity index (χ4n) is 4.40. The summed E-state index contributed by atoms with van der Waals surface area (Å²) in [7, 11) is -2.22. The third-order valence-electron chi connectivity index (χ3n) is 6.12. The van der Waals surface area contributed by atoms with Gasteiger partial charge in [0.05, 0.1) is 23.8 Å². The van der Waals surface area contributed by atoms with E-state index in [9.17, 15) is 0 Å². The average molecular weight is 500 g/mol. The lowest BCUT2D eigenvalue weighted by molar-refractivity contribution is 0.284. The fraction of sp³-hybridized carbons (Fsp3) is 0.172. The molecule has 4 aromatic carbocycles. The van der Waals surface area contributed by atoms with Crippen LogP contribution in [0.4, 0.5) is 0 Å². The van der Waals surface area contributed by atoms with E-state index in [4.69, 9.17) is 18.1 Å². The number of para-hydroxylation sites is 2. The van der Waals surface area contributed by atoms with Gasteiger partial charge in [-0.3, -0.25) is 0 Å². The van der Waals surface area contributed by atoms with Gasteiger partial charge < -0.3 is 18.1 Å². The molecule has 2 unspecified atom stereocenters. The Morgan fingerprint density at radius 3 is 1.34 bits per heavy atom. The van der Waals surface area contributed by atoms with Crippen molar-refractivity contribution < 1.29 is 18.1 Å². The number of hydrogen-bond acceptors (Lipinski definition) is 4. The molecule has 6 rings (SSSR count). The summed E-state index contributed by atoms with van der Waals surface area (Å²) in [6.45, 7) is 1.34. The number of hydrogen-bond donors (Lipinski definition) is 0. The van der Waals surface area contributed by atoms with E-state index in [2.05, 4.69) is 60.7 Å². The van der Waals surface area contributed by atoms with Gasteiger partial charge in [-0.25, -0.2) is 0 Å². The molecule has 0 aromatic heterocycles. The lowest BCUT2D eigenvalue weighted by atomic mass is 10.0. The molecule has 2 atom stereocenters. The summed E-state index contributed by atoms with van der Waals surface area (Å²) in [6, 6.07) is 33.2. The summed E-state index contributed by atoms with van der Waals surface area (Å²) in [5, 5.41) is 2.31. The van der Waals surface area contributed by atoms with Crippen molar-refractivity contribution in [2.24, 2.45) is 0 Å². The molecule has 0 aliphatic carbocycles. The normalized spacial score (nSPS) is 17.3. The molecule has 35 heavy (non-hydrogen) atoms. The van der Waals surface area contributed by atoms with Crippen LogP contribution < -0.4 is 19.7 Å². The number of unbranched alkanes of at least 4 members (excludes halogenated alkanes) is 2. The average Bonchev–Trinajstić information content (AvgIpc) is 2.92. The Labute approximate surface area is 208 Å². The van der Waals surface area contributed by atoms with Gasteiger partial charge in [-0.1, -0.05) is 72.8 Å². The first-order chi connectivity index (χ1) is 17.4. The molecule has 0 radical (unpaired) electrons. The molecule has 4 aromatic rings. The van der Waals surface area contributed by atoms with E-state index < -0.39 is 16.8 Å². The molecule has 0 saturated heterocycles. The lowest BCUT2D eigenvalue weighted by Crippen LogP contribution is -2.16. The van der Waals surface area contributed by atoms with E-state index in [1.807, 2.05) is 36.4 Å². The van der Waals surface area contributed by atoms with Gasteiger partial charge in [-0.15, -0.1) is 0 Å². The molecular formula is C29H26O4P2. The van der Waals surface area contributed by atoms with Crippen molar-refractivity contribution in [2.75, 3.05) is 13.2 Å². The number of rotatable bonds is 8. The summed E-state index contributed by atoms with van der Waals surface area (Å²) in [5.74, 6) is 1.81. The van der Waals surface area contributed by atoms with E-state index in [-0.39, 0.29) is 0 Å². The van der Waals surface area contributed by atoms with Crippen LogP contribution in [0, 0.1) is 0 Å². The van der Waals surface area contributed by atoms with Gasteiger partial charge in [0.2, 0.25) is 0 Å². The molecule has 176 valence electrons. The highest BCUT2D eigenvalue weighted by molar-refractivity contribution is 7.57. The van der Waals surface area contributed by atoms with E-state index in [1.54, 1.807) is 0 Å². The highest BCUT2D eigenvalue weighted by atomic mass is 31.2. The van der Waals surface area contributed by atoms with Gasteiger partial charge in [0.1, 0.15) is 11.5 Å². The zero-order valence-corrected chi connectivity index (χ0v) is 21.1. The SMILES string of the molecule is c1ccc2c(c1)OP(OCCCCCOP1Oc3ccccc3-c3ccccc31)c1ccccc1-2. The second-order valence-corrected chi connectivity index (χ2v) is 11.3. The summed E-state index contributed by atoms with van der Waals surface area (Å²) in [5.41, 5.74) is 4.70. The molecule has 0 fully saturated rings. The van der Waals surface area contributed by atoms with E-state index in [1.165, 1.54) is 11.1 Å². The molecule has 2 aliphatic rings. The topological polar surface area (TPSA) is 36.9 Å².